The van der Waals surface area contributed by atoms with Crippen molar-refractivity contribution in [3.8, 4) is 5.69 Å². The highest BCUT2D eigenvalue weighted by atomic mass is 16.3. The molecule has 0 aliphatic carbocycles. The van der Waals surface area contributed by atoms with Crippen molar-refractivity contribution in [2.75, 3.05) is 0 Å². The van der Waals surface area contributed by atoms with Crippen molar-refractivity contribution in [1.29, 1.82) is 0 Å². The minimum Gasteiger partial charge on any atom is -0.392 e. The van der Waals surface area contributed by atoms with Gasteiger partial charge in [-0.3, -0.25) is 0 Å². The molecular weight excluding hydrogens is 210 g/mol. The Kier molecular flexibility index (Phi) is 2.42. The van der Waals surface area contributed by atoms with Crippen LogP contribution in [0.1, 0.15) is 5.56 Å². The number of benzene rings is 2. The largest absolute Gasteiger partial charge is 0.392 e. The number of aromatic nitrogens is 1. The Bertz CT molecular complexity index is 655. The van der Waals surface area contributed by atoms with Crippen LogP contribution >= 0.6 is 0 Å². The second-order valence-electron chi connectivity index (χ2n) is 4.00. The molecule has 0 fully saturated rings. The molecule has 0 bridgehead atoms. The van der Waals surface area contributed by atoms with Crippen LogP contribution in [0.3, 0.4) is 0 Å². The van der Waals surface area contributed by atoms with Crippen LogP contribution in [0, 0.1) is 6.07 Å². The molecule has 3 rings (SSSR count). The molecule has 0 amide bonds. The second-order valence-corrected chi connectivity index (χ2v) is 4.00. The van der Waals surface area contributed by atoms with E-state index in [2.05, 4.69) is 16.7 Å². The van der Waals surface area contributed by atoms with Crippen LogP contribution in [0.15, 0.2) is 54.7 Å². The lowest BCUT2D eigenvalue weighted by Crippen LogP contribution is -1.93. The molecule has 1 heterocycles. The lowest BCUT2D eigenvalue weighted by Gasteiger charge is -2.06. The molecule has 0 atom stereocenters. The van der Waals surface area contributed by atoms with Crippen molar-refractivity contribution < 1.29 is 5.11 Å². The molecule has 2 nitrogen and oxygen atoms in total. The molecule has 3 aromatic rings. The Balaban J connectivity index is 2.20. The van der Waals surface area contributed by atoms with Gasteiger partial charge in [0.05, 0.1) is 12.1 Å². The molecule has 0 aliphatic rings. The highest BCUT2D eigenvalue weighted by Crippen LogP contribution is 2.20. The summed E-state index contributed by atoms with van der Waals surface area (Å²) in [6.07, 6.45) is 2.04. The summed E-state index contributed by atoms with van der Waals surface area (Å²) in [5.74, 6) is 0. The normalized spacial score (nSPS) is 10.9. The number of aliphatic hydroxyl groups is 1. The van der Waals surface area contributed by atoms with Crippen LogP contribution in [0.2, 0.25) is 0 Å². The summed E-state index contributed by atoms with van der Waals surface area (Å²) in [5, 5.41) is 10.4. The van der Waals surface area contributed by atoms with E-state index in [0.717, 1.165) is 16.8 Å². The summed E-state index contributed by atoms with van der Waals surface area (Å²) in [5.41, 5.74) is 3.11. The van der Waals surface area contributed by atoms with Gasteiger partial charge < -0.3 is 9.67 Å². The summed E-state index contributed by atoms with van der Waals surface area (Å²) < 4.78 is 2.10. The van der Waals surface area contributed by atoms with Gasteiger partial charge >= 0.3 is 0 Å². The van der Waals surface area contributed by atoms with E-state index >= 15 is 0 Å². The van der Waals surface area contributed by atoms with E-state index in [1.54, 1.807) is 0 Å². The minimum atomic E-state index is 0.0686. The Morgan fingerprint density at radius 2 is 2.12 bits per heavy atom. The predicted molar refractivity (Wildman–Crippen MR) is 68.0 cm³/mol. The summed E-state index contributed by atoms with van der Waals surface area (Å²) in [7, 11) is 0. The van der Waals surface area contributed by atoms with Gasteiger partial charge in [-0.05, 0) is 41.3 Å². The van der Waals surface area contributed by atoms with Gasteiger partial charge in [0, 0.05) is 11.9 Å². The SMILES string of the molecule is OCc1cccc(-n2ccc3cc[c]cc32)c1. The van der Waals surface area contributed by atoms with E-state index in [9.17, 15) is 0 Å². The van der Waals surface area contributed by atoms with Gasteiger partial charge in [0.25, 0.3) is 0 Å². The van der Waals surface area contributed by atoms with Gasteiger partial charge in [-0.25, -0.2) is 0 Å². The molecule has 83 valence electrons. The zero-order valence-electron chi connectivity index (χ0n) is 9.30. The Labute approximate surface area is 99.7 Å². The number of fused-ring (bicyclic) bond motifs is 1. The van der Waals surface area contributed by atoms with E-state index in [1.165, 1.54) is 5.39 Å². The topological polar surface area (TPSA) is 25.2 Å². The fourth-order valence-corrected chi connectivity index (χ4v) is 2.05. The molecule has 2 heteroatoms. The van der Waals surface area contributed by atoms with Gasteiger partial charge in [0.1, 0.15) is 0 Å². The summed E-state index contributed by atoms with van der Waals surface area (Å²) in [6, 6.07) is 19.0. The van der Waals surface area contributed by atoms with Crippen molar-refractivity contribution in [2.24, 2.45) is 0 Å². The van der Waals surface area contributed by atoms with E-state index in [1.807, 2.05) is 48.7 Å². The van der Waals surface area contributed by atoms with Crippen LogP contribution < -0.4 is 0 Å². The van der Waals surface area contributed by atoms with E-state index in [-0.39, 0.29) is 6.61 Å². The Hall–Kier alpha value is -2.06. The molecule has 1 aromatic heterocycles. The zero-order valence-corrected chi connectivity index (χ0v) is 9.30. The zero-order chi connectivity index (χ0) is 11.7. The average molecular weight is 222 g/mol. The first-order chi connectivity index (χ1) is 8.38. The average Bonchev–Trinajstić information content (AvgIpc) is 2.82. The second kappa shape index (κ2) is 4.07. The first-order valence-electron chi connectivity index (χ1n) is 5.56. The van der Waals surface area contributed by atoms with Gasteiger partial charge in [0.15, 0.2) is 0 Å². The quantitative estimate of drug-likeness (QED) is 0.708. The highest BCUT2D eigenvalue weighted by molar-refractivity contribution is 5.81. The number of nitrogens with zero attached hydrogens (tertiary/aromatic N) is 1. The first-order valence-corrected chi connectivity index (χ1v) is 5.56. The third kappa shape index (κ3) is 1.73. The van der Waals surface area contributed by atoms with Crippen molar-refractivity contribution >= 4 is 10.9 Å². The highest BCUT2D eigenvalue weighted by Gasteiger charge is 2.02. The molecule has 0 spiro atoms. The molecule has 0 aliphatic heterocycles. The number of rotatable bonds is 2. The smallest absolute Gasteiger partial charge is 0.0682 e. The Morgan fingerprint density at radius 1 is 1.18 bits per heavy atom. The molecule has 2 aromatic carbocycles. The number of hydrogen-bond acceptors (Lipinski definition) is 1. The lowest BCUT2D eigenvalue weighted by atomic mass is 10.2. The monoisotopic (exact) mass is 222 g/mol. The van der Waals surface area contributed by atoms with Gasteiger partial charge in [-0.2, -0.15) is 0 Å². The third-order valence-electron chi connectivity index (χ3n) is 2.91. The van der Waals surface area contributed by atoms with Crippen molar-refractivity contribution in [3.63, 3.8) is 0 Å². The fourth-order valence-electron chi connectivity index (χ4n) is 2.05. The molecule has 1 N–H and O–H groups in total. The van der Waals surface area contributed by atoms with Crippen molar-refractivity contribution in [3.05, 3.63) is 66.4 Å². The van der Waals surface area contributed by atoms with Crippen LogP contribution in [0.25, 0.3) is 16.6 Å². The molecular formula is C15H12NO. The van der Waals surface area contributed by atoms with Crippen molar-refractivity contribution in [2.45, 2.75) is 6.61 Å². The maximum absolute atomic E-state index is 9.16. The Morgan fingerprint density at radius 3 is 3.00 bits per heavy atom. The number of hydrogen-bond donors (Lipinski definition) is 1. The lowest BCUT2D eigenvalue weighted by molar-refractivity contribution is 0.282. The van der Waals surface area contributed by atoms with E-state index < -0.39 is 0 Å². The van der Waals surface area contributed by atoms with E-state index in [0.29, 0.717) is 0 Å². The summed E-state index contributed by atoms with van der Waals surface area (Å²) in [6.45, 7) is 0.0686. The van der Waals surface area contributed by atoms with Gasteiger partial charge in [-0.1, -0.05) is 24.3 Å². The minimum absolute atomic E-state index is 0.0686. The molecule has 0 saturated heterocycles. The molecule has 0 saturated carbocycles. The maximum Gasteiger partial charge on any atom is 0.0682 e. The van der Waals surface area contributed by atoms with Crippen LogP contribution in [-0.2, 0) is 6.61 Å². The van der Waals surface area contributed by atoms with Gasteiger partial charge in [-0.15, -0.1) is 0 Å². The molecule has 1 radical (unpaired) electrons. The summed E-state index contributed by atoms with van der Waals surface area (Å²) in [4.78, 5) is 0. The number of aliphatic hydroxyl groups excluding tert-OH is 1. The first kappa shape index (κ1) is 10.1. The van der Waals surface area contributed by atoms with E-state index in [4.69, 9.17) is 5.11 Å². The fraction of sp³-hybridized carbons (Fsp3) is 0.0667. The van der Waals surface area contributed by atoms with Crippen LogP contribution in [-0.4, -0.2) is 9.67 Å². The predicted octanol–water partition coefficient (Wildman–Crippen LogP) is 2.92. The maximum atomic E-state index is 9.16. The molecule has 0 unspecified atom stereocenters. The van der Waals surface area contributed by atoms with Gasteiger partial charge in [0.2, 0.25) is 0 Å². The summed E-state index contributed by atoms with van der Waals surface area (Å²) >= 11 is 0. The van der Waals surface area contributed by atoms with Crippen LogP contribution in [0.4, 0.5) is 0 Å². The molecule has 17 heavy (non-hydrogen) atoms. The van der Waals surface area contributed by atoms with Crippen molar-refractivity contribution in [1.82, 2.24) is 4.57 Å². The third-order valence-corrected chi connectivity index (χ3v) is 2.91. The standard InChI is InChI=1S/C15H12NO/c17-11-12-4-3-6-14(10-12)16-9-8-13-5-1-2-7-15(13)16/h1,3-10,17H,11H2. The van der Waals surface area contributed by atoms with Crippen LogP contribution in [0.5, 0.6) is 0 Å².